The number of fused-ring (bicyclic) bond motifs is 1. The van der Waals surface area contributed by atoms with E-state index in [-0.39, 0.29) is 6.04 Å². The smallest absolute Gasteiger partial charge is 0.188 e. The van der Waals surface area contributed by atoms with Gasteiger partial charge in [-0.15, -0.1) is 0 Å². The molecule has 5 nitrogen and oxygen atoms in total. The van der Waals surface area contributed by atoms with Gasteiger partial charge in [0.25, 0.3) is 0 Å². The molecule has 2 fully saturated rings. The van der Waals surface area contributed by atoms with Gasteiger partial charge in [-0.1, -0.05) is 48.6 Å². The topological polar surface area (TPSA) is 59.0 Å². The number of rotatable bonds is 7. The summed E-state index contributed by atoms with van der Waals surface area (Å²) in [5.41, 5.74) is 3.15. The van der Waals surface area contributed by atoms with Crippen LogP contribution in [0, 0.1) is 0 Å². The number of anilines is 1. The maximum absolute atomic E-state index is 13.0. The van der Waals surface area contributed by atoms with Crippen molar-refractivity contribution in [3.63, 3.8) is 0 Å². The number of hydrogen-bond acceptors (Lipinski definition) is 6. The molecule has 6 heteroatoms. The number of carbonyl (C=O) groups is 1. The zero-order valence-electron chi connectivity index (χ0n) is 16.8. The Labute approximate surface area is 175 Å². The third kappa shape index (κ3) is 3.78. The number of ketones is 1. The fourth-order valence-corrected chi connectivity index (χ4v) is 5.32. The lowest BCUT2D eigenvalue weighted by atomic mass is 10.0. The van der Waals surface area contributed by atoms with Crippen molar-refractivity contribution in [1.29, 1.82) is 0 Å². The van der Waals surface area contributed by atoms with Crippen molar-refractivity contribution in [2.24, 2.45) is 0 Å². The molecule has 5 rings (SSSR count). The van der Waals surface area contributed by atoms with Crippen molar-refractivity contribution in [2.75, 3.05) is 11.4 Å². The molecule has 0 bridgehead atoms. The molecule has 2 aliphatic rings. The predicted molar refractivity (Wildman–Crippen MR) is 117 cm³/mol. The van der Waals surface area contributed by atoms with Gasteiger partial charge in [-0.05, 0) is 44.1 Å². The van der Waals surface area contributed by atoms with E-state index in [2.05, 4.69) is 24.0 Å². The van der Waals surface area contributed by atoms with Gasteiger partial charge in [-0.3, -0.25) is 4.79 Å². The van der Waals surface area contributed by atoms with Crippen molar-refractivity contribution >= 4 is 32.6 Å². The number of carbonyl (C=O) groups excluding carboxylic acids is 1. The highest BCUT2D eigenvalue weighted by molar-refractivity contribution is 7.22. The summed E-state index contributed by atoms with van der Waals surface area (Å²) in [6.07, 6.45) is 6.62. The summed E-state index contributed by atoms with van der Waals surface area (Å²) in [7, 11) is 0. The van der Waals surface area contributed by atoms with Crippen LogP contribution in [0.3, 0.4) is 0 Å². The van der Waals surface area contributed by atoms with E-state index in [0.29, 0.717) is 18.1 Å². The molecule has 29 heavy (non-hydrogen) atoms. The fraction of sp³-hybridized carbons (Fsp3) is 0.478. The van der Waals surface area contributed by atoms with E-state index >= 15 is 0 Å². The molecule has 1 saturated carbocycles. The average Bonchev–Trinajstić information content (AvgIpc) is 3.33. The Hall–Kier alpha value is -2.34. The number of aryl methyl sites for hydroxylation is 2. The Morgan fingerprint density at radius 2 is 1.97 bits per heavy atom. The van der Waals surface area contributed by atoms with Crippen molar-refractivity contribution < 1.29 is 4.79 Å². The predicted octanol–water partition coefficient (Wildman–Crippen LogP) is 4.70. The van der Waals surface area contributed by atoms with Crippen LogP contribution in [0.2, 0.25) is 0 Å². The van der Waals surface area contributed by atoms with Gasteiger partial charge in [-0.2, -0.15) is 4.98 Å². The molecular weight excluding hydrogens is 380 g/mol. The van der Waals surface area contributed by atoms with Crippen LogP contribution in [0.4, 0.5) is 5.13 Å². The summed E-state index contributed by atoms with van der Waals surface area (Å²) in [6.45, 7) is 3.04. The molecule has 1 saturated heterocycles. The van der Waals surface area contributed by atoms with Crippen molar-refractivity contribution in [1.82, 2.24) is 15.0 Å². The first-order chi connectivity index (χ1) is 14.2. The number of hydrogen-bond donors (Lipinski definition) is 0. The molecule has 1 aromatic carbocycles. The first-order valence-corrected chi connectivity index (χ1v) is 11.5. The summed E-state index contributed by atoms with van der Waals surface area (Å²) in [5.74, 6) is 1.81. The lowest BCUT2D eigenvalue weighted by Gasteiger charge is -2.22. The minimum Gasteiger partial charge on any atom is -0.338 e. The first kappa shape index (κ1) is 18.7. The largest absolute Gasteiger partial charge is 0.338 e. The Morgan fingerprint density at radius 1 is 1.14 bits per heavy atom. The van der Waals surface area contributed by atoms with Gasteiger partial charge in [0.15, 0.2) is 16.6 Å². The maximum atomic E-state index is 13.0. The number of nitrogens with zero attached hydrogens (tertiary/aromatic N) is 4. The van der Waals surface area contributed by atoms with Crippen LogP contribution in [-0.4, -0.2) is 33.3 Å². The first-order valence-electron chi connectivity index (χ1n) is 10.7. The molecule has 3 heterocycles. The molecule has 3 aromatic rings. The van der Waals surface area contributed by atoms with Gasteiger partial charge in [0.05, 0.1) is 16.4 Å². The van der Waals surface area contributed by atoms with E-state index in [1.165, 1.54) is 18.4 Å². The zero-order valence-corrected chi connectivity index (χ0v) is 17.6. The number of thiazole rings is 1. The van der Waals surface area contributed by atoms with Gasteiger partial charge >= 0.3 is 0 Å². The Kier molecular flexibility index (Phi) is 5.04. The van der Waals surface area contributed by atoms with Crippen molar-refractivity contribution in [3.05, 3.63) is 47.4 Å². The second kappa shape index (κ2) is 7.82. The third-order valence-corrected chi connectivity index (χ3v) is 7.11. The molecule has 1 aliphatic heterocycles. The molecule has 0 N–H and O–H groups in total. The summed E-state index contributed by atoms with van der Waals surface area (Å²) >= 11 is 1.66. The average molecular weight is 407 g/mol. The summed E-state index contributed by atoms with van der Waals surface area (Å²) in [6, 6.07) is 10.2. The van der Waals surface area contributed by atoms with Crippen LogP contribution in [0.1, 0.15) is 62.0 Å². The highest BCUT2D eigenvalue weighted by Crippen LogP contribution is 2.40. The summed E-state index contributed by atoms with van der Waals surface area (Å²) < 4.78 is 1.09. The fourth-order valence-electron chi connectivity index (χ4n) is 4.18. The van der Waals surface area contributed by atoms with Crippen LogP contribution in [-0.2, 0) is 17.6 Å². The van der Waals surface area contributed by atoms with E-state index in [4.69, 9.17) is 15.0 Å². The van der Waals surface area contributed by atoms with Gasteiger partial charge in [0, 0.05) is 18.9 Å². The van der Waals surface area contributed by atoms with E-state index in [1.807, 2.05) is 18.2 Å². The summed E-state index contributed by atoms with van der Waals surface area (Å²) in [5, 5.41) is 0.938. The highest BCUT2D eigenvalue weighted by Gasteiger charge is 2.33. The normalized spacial score (nSPS) is 19.2. The van der Waals surface area contributed by atoms with Crippen LogP contribution in [0.15, 0.2) is 30.3 Å². The maximum Gasteiger partial charge on any atom is 0.188 e. The Morgan fingerprint density at radius 3 is 2.72 bits per heavy atom. The second-order valence-electron chi connectivity index (χ2n) is 8.11. The summed E-state index contributed by atoms with van der Waals surface area (Å²) in [4.78, 5) is 29.7. The third-order valence-electron chi connectivity index (χ3n) is 5.98. The van der Waals surface area contributed by atoms with E-state index < -0.39 is 0 Å². The van der Waals surface area contributed by atoms with Crippen molar-refractivity contribution in [3.8, 4) is 0 Å². The quantitative estimate of drug-likeness (QED) is 0.569. The lowest BCUT2D eigenvalue weighted by Crippen LogP contribution is -2.36. The van der Waals surface area contributed by atoms with Crippen molar-refractivity contribution in [2.45, 2.75) is 63.8 Å². The number of benzene rings is 1. The Bertz CT molecular complexity index is 1030. The van der Waals surface area contributed by atoms with Gasteiger partial charge < -0.3 is 4.90 Å². The molecule has 0 radical (unpaired) electrons. The minimum atomic E-state index is -0.0554. The molecule has 0 spiro atoms. The monoisotopic (exact) mass is 406 g/mol. The Balaban J connectivity index is 1.37. The molecule has 2 aromatic heterocycles. The van der Waals surface area contributed by atoms with Crippen LogP contribution >= 0.6 is 11.3 Å². The zero-order chi connectivity index (χ0) is 19.8. The molecule has 0 unspecified atom stereocenters. The SMILES string of the molecule is CCc1nc(C2CC2)nc2nc(N3CCC[C@@H]3C(=O)CCc3ccccc3)sc12. The minimum absolute atomic E-state index is 0.0554. The van der Waals surface area contributed by atoms with Gasteiger partial charge in [0.1, 0.15) is 5.82 Å². The molecule has 150 valence electrons. The van der Waals surface area contributed by atoms with Crippen LogP contribution in [0.25, 0.3) is 10.3 Å². The second-order valence-corrected chi connectivity index (χ2v) is 9.09. The number of aromatic nitrogens is 3. The molecule has 0 amide bonds. The van der Waals surface area contributed by atoms with E-state index in [9.17, 15) is 4.79 Å². The molecule has 1 atom stereocenters. The van der Waals surface area contributed by atoms with Crippen LogP contribution in [0.5, 0.6) is 0 Å². The highest BCUT2D eigenvalue weighted by atomic mass is 32.1. The van der Waals surface area contributed by atoms with Crippen LogP contribution < -0.4 is 4.90 Å². The molecular formula is C23H26N4OS. The number of Topliss-reactive ketones (excluding diaryl/α,β-unsaturated/α-hetero) is 1. The standard InChI is InChI=1S/C23H26N4OS/c1-2-17-20-22(25-21(24-17)16-11-12-16)26-23(29-20)27-14-6-9-18(27)19(28)13-10-15-7-4-3-5-8-15/h3-5,7-8,16,18H,2,6,9-14H2,1H3/t18-/m1/s1. The van der Waals surface area contributed by atoms with E-state index in [0.717, 1.165) is 59.2 Å². The lowest BCUT2D eigenvalue weighted by molar-refractivity contribution is -0.120. The van der Waals surface area contributed by atoms with E-state index in [1.54, 1.807) is 11.3 Å². The van der Waals surface area contributed by atoms with Gasteiger partial charge in [-0.25, -0.2) is 9.97 Å². The van der Waals surface area contributed by atoms with Gasteiger partial charge in [0.2, 0.25) is 0 Å². The molecule has 1 aliphatic carbocycles.